The van der Waals surface area contributed by atoms with Crippen molar-refractivity contribution >= 4 is 0 Å². The first kappa shape index (κ1) is 21.1. The molecule has 0 spiro atoms. The molecule has 0 unspecified atom stereocenters. The van der Waals surface area contributed by atoms with Crippen molar-refractivity contribution in [1.29, 1.82) is 0 Å². The molecular weight excluding hydrogens is 372 g/mol. The van der Waals surface area contributed by atoms with Crippen molar-refractivity contribution in [2.75, 3.05) is 35.5 Å². The van der Waals surface area contributed by atoms with Crippen molar-refractivity contribution in [3.05, 3.63) is 41.5 Å². The second-order valence-electron chi connectivity index (χ2n) is 7.27. The average Bonchev–Trinajstić information content (AvgIpc) is 3.06. The Hall–Kier alpha value is -2.60. The SMILES string of the molecule is COc1ccc([C@@H]2O[C@H](c3cc(OC)c(OC)c(OC)c3)[C@@H](C)[C@@H]2C)cc1OC. The number of benzene rings is 2. The van der Waals surface area contributed by atoms with E-state index in [1.165, 1.54) is 0 Å². The third kappa shape index (κ3) is 3.81. The molecule has 2 aromatic rings. The van der Waals surface area contributed by atoms with Gasteiger partial charge < -0.3 is 28.4 Å². The summed E-state index contributed by atoms with van der Waals surface area (Å²) in [5.41, 5.74) is 2.07. The number of methoxy groups -OCH3 is 5. The summed E-state index contributed by atoms with van der Waals surface area (Å²) in [6.07, 6.45) is -0.161. The molecule has 0 saturated carbocycles. The topological polar surface area (TPSA) is 55.4 Å². The summed E-state index contributed by atoms with van der Waals surface area (Å²) < 4.78 is 33.9. The van der Waals surface area contributed by atoms with Crippen LogP contribution in [0.1, 0.15) is 37.2 Å². The number of hydrogen-bond donors (Lipinski definition) is 0. The van der Waals surface area contributed by atoms with Crippen LogP contribution in [0.2, 0.25) is 0 Å². The van der Waals surface area contributed by atoms with E-state index in [1.807, 2.05) is 30.3 Å². The fraction of sp³-hybridized carbons (Fsp3) is 0.478. The molecule has 4 atom stereocenters. The second-order valence-corrected chi connectivity index (χ2v) is 7.27. The van der Waals surface area contributed by atoms with Gasteiger partial charge in [-0.1, -0.05) is 19.9 Å². The first-order valence-electron chi connectivity index (χ1n) is 9.66. The van der Waals surface area contributed by atoms with Gasteiger partial charge in [-0.2, -0.15) is 0 Å². The molecular formula is C23H30O6. The molecule has 2 aromatic carbocycles. The van der Waals surface area contributed by atoms with Gasteiger partial charge in [0.05, 0.1) is 47.8 Å². The third-order valence-electron chi connectivity index (χ3n) is 5.83. The molecule has 1 aliphatic heterocycles. The second kappa shape index (κ2) is 8.82. The molecule has 0 radical (unpaired) electrons. The van der Waals surface area contributed by atoms with Gasteiger partial charge in [0.15, 0.2) is 23.0 Å². The van der Waals surface area contributed by atoms with Crippen molar-refractivity contribution in [2.24, 2.45) is 11.8 Å². The summed E-state index contributed by atoms with van der Waals surface area (Å²) in [5, 5.41) is 0. The van der Waals surface area contributed by atoms with Gasteiger partial charge in [0.1, 0.15) is 0 Å². The summed E-state index contributed by atoms with van der Waals surface area (Å²) in [6.45, 7) is 4.42. The molecule has 6 nitrogen and oxygen atoms in total. The molecule has 0 aliphatic carbocycles. The van der Waals surface area contributed by atoms with Crippen LogP contribution in [0.5, 0.6) is 28.7 Å². The molecule has 1 heterocycles. The van der Waals surface area contributed by atoms with Crippen LogP contribution in [0.25, 0.3) is 0 Å². The lowest BCUT2D eigenvalue weighted by Crippen LogP contribution is -2.10. The van der Waals surface area contributed by atoms with Crippen molar-refractivity contribution < 1.29 is 28.4 Å². The van der Waals surface area contributed by atoms with E-state index in [0.717, 1.165) is 11.1 Å². The van der Waals surface area contributed by atoms with Gasteiger partial charge in [-0.15, -0.1) is 0 Å². The summed E-state index contributed by atoms with van der Waals surface area (Å²) in [6, 6.07) is 9.87. The van der Waals surface area contributed by atoms with Gasteiger partial charge in [-0.3, -0.25) is 0 Å². The molecule has 0 aromatic heterocycles. The van der Waals surface area contributed by atoms with Crippen LogP contribution in [-0.2, 0) is 4.74 Å². The van der Waals surface area contributed by atoms with Crippen molar-refractivity contribution in [1.82, 2.24) is 0 Å². The molecule has 3 rings (SSSR count). The fourth-order valence-electron chi connectivity index (χ4n) is 4.02. The van der Waals surface area contributed by atoms with E-state index in [-0.39, 0.29) is 18.1 Å². The normalized spacial score (nSPS) is 23.6. The van der Waals surface area contributed by atoms with E-state index in [2.05, 4.69) is 13.8 Å². The van der Waals surface area contributed by atoms with E-state index in [9.17, 15) is 0 Å². The van der Waals surface area contributed by atoms with Crippen LogP contribution in [-0.4, -0.2) is 35.5 Å². The van der Waals surface area contributed by atoms with E-state index in [0.29, 0.717) is 34.7 Å². The Bertz CT molecular complexity index is 824. The lowest BCUT2D eigenvalue weighted by molar-refractivity contribution is 0.0286. The average molecular weight is 402 g/mol. The lowest BCUT2D eigenvalue weighted by atomic mass is 9.85. The molecule has 6 heteroatoms. The maximum absolute atomic E-state index is 6.56. The fourth-order valence-corrected chi connectivity index (χ4v) is 4.02. The summed E-state index contributed by atoms with van der Waals surface area (Å²) in [5.74, 6) is 3.82. The Morgan fingerprint density at radius 2 is 1.07 bits per heavy atom. The van der Waals surface area contributed by atoms with Crippen LogP contribution < -0.4 is 23.7 Å². The smallest absolute Gasteiger partial charge is 0.203 e. The van der Waals surface area contributed by atoms with Gasteiger partial charge in [-0.05, 0) is 47.2 Å². The zero-order chi connectivity index (χ0) is 21.1. The maximum Gasteiger partial charge on any atom is 0.203 e. The van der Waals surface area contributed by atoms with Crippen LogP contribution >= 0.6 is 0 Å². The largest absolute Gasteiger partial charge is 0.493 e. The Morgan fingerprint density at radius 3 is 1.55 bits per heavy atom. The van der Waals surface area contributed by atoms with E-state index in [4.69, 9.17) is 28.4 Å². The van der Waals surface area contributed by atoms with Gasteiger partial charge in [0.25, 0.3) is 0 Å². The monoisotopic (exact) mass is 402 g/mol. The number of hydrogen-bond acceptors (Lipinski definition) is 6. The molecule has 1 fully saturated rings. The van der Waals surface area contributed by atoms with E-state index in [1.54, 1.807) is 35.5 Å². The van der Waals surface area contributed by atoms with Crippen molar-refractivity contribution in [3.8, 4) is 28.7 Å². The Labute approximate surface area is 172 Å². The highest BCUT2D eigenvalue weighted by Crippen LogP contribution is 2.52. The molecule has 1 saturated heterocycles. The summed E-state index contributed by atoms with van der Waals surface area (Å²) >= 11 is 0. The first-order chi connectivity index (χ1) is 14.0. The highest BCUT2D eigenvalue weighted by Gasteiger charge is 2.41. The predicted molar refractivity (Wildman–Crippen MR) is 111 cm³/mol. The third-order valence-corrected chi connectivity index (χ3v) is 5.83. The molecule has 29 heavy (non-hydrogen) atoms. The van der Waals surface area contributed by atoms with Gasteiger partial charge in [-0.25, -0.2) is 0 Å². The first-order valence-corrected chi connectivity index (χ1v) is 9.66. The predicted octanol–water partition coefficient (Wildman–Crippen LogP) is 4.81. The lowest BCUT2D eigenvalue weighted by Gasteiger charge is -2.20. The number of ether oxygens (including phenoxy) is 6. The molecule has 0 N–H and O–H groups in total. The molecule has 0 amide bonds. The molecule has 158 valence electrons. The van der Waals surface area contributed by atoms with Crippen LogP contribution in [0.3, 0.4) is 0 Å². The van der Waals surface area contributed by atoms with Gasteiger partial charge >= 0.3 is 0 Å². The highest BCUT2D eigenvalue weighted by atomic mass is 16.5. The minimum absolute atomic E-state index is 0.0612. The van der Waals surface area contributed by atoms with Crippen molar-refractivity contribution in [2.45, 2.75) is 26.1 Å². The Balaban J connectivity index is 1.96. The molecule has 1 aliphatic rings. The quantitative estimate of drug-likeness (QED) is 0.662. The van der Waals surface area contributed by atoms with Crippen molar-refractivity contribution in [3.63, 3.8) is 0 Å². The maximum atomic E-state index is 6.56. The van der Waals surface area contributed by atoms with Gasteiger partial charge in [0.2, 0.25) is 5.75 Å². The zero-order valence-electron chi connectivity index (χ0n) is 18.1. The van der Waals surface area contributed by atoms with Crippen LogP contribution in [0.4, 0.5) is 0 Å². The van der Waals surface area contributed by atoms with Crippen LogP contribution in [0, 0.1) is 11.8 Å². The number of rotatable bonds is 7. The van der Waals surface area contributed by atoms with Crippen LogP contribution in [0.15, 0.2) is 30.3 Å². The Kier molecular flexibility index (Phi) is 6.42. The Morgan fingerprint density at radius 1 is 0.586 bits per heavy atom. The highest BCUT2D eigenvalue weighted by molar-refractivity contribution is 5.54. The van der Waals surface area contributed by atoms with Gasteiger partial charge in [0, 0.05) is 0 Å². The zero-order valence-corrected chi connectivity index (χ0v) is 18.1. The molecule has 0 bridgehead atoms. The standard InChI is InChI=1S/C23H30O6/c1-13-14(2)22(16-11-19(26-5)23(28-7)20(12-16)27-6)29-21(13)15-8-9-17(24-3)18(10-15)25-4/h8-14,21-22H,1-7H3/t13-,14-,21+,22-/m0/s1. The summed E-state index contributed by atoms with van der Waals surface area (Å²) in [4.78, 5) is 0. The van der Waals surface area contributed by atoms with E-state index < -0.39 is 0 Å². The minimum Gasteiger partial charge on any atom is -0.493 e. The van der Waals surface area contributed by atoms with E-state index >= 15 is 0 Å². The summed E-state index contributed by atoms with van der Waals surface area (Å²) in [7, 11) is 8.12. The minimum atomic E-state index is -0.100.